The Hall–Kier alpha value is -3.26. The SMILES string of the molecule is Cc1cccc(-c2ccn(-c3cc(N4CCOCC4)c(N)c(N=N)n3)n2)c1. The number of pyridine rings is 1. The fourth-order valence-corrected chi connectivity index (χ4v) is 3.19. The first kappa shape index (κ1) is 17.2. The van der Waals surface area contributed by atoms with Crippen LogP contribution in [0.25, 0.3) is 17.1 Å². The Balaban J connectivity index is 1.74. The molecular weight excluding hydrogens is 342 g/mol. The van der Waals surface area contributed by atoms with Crippen molar-refractivity contribution in [2.75, 3.05) is 36.9 Å². The normalized spacial score (nSPS) is 14.3. The molecule has 0 saturated carbocycles. The van der Waals surface area contributed by atoms with Crippen molar-refractivity contribution in [3.05, 3.63) is 48.2 Å². The fourth-order valence-electron chi connectivity index (χ4n) is 3.19. The standard InChI is InChI=1S/C19H21N7O/c1-13-3-2-4-14(11-13)15-5-6-26(24-15)17-12-16(18(20)19(22-17)23-21)25-7-9-27-10-8-25/h2-6,11-12,21H,7-10,20H2,1H3. The van der Waals surface area contributed by atoms with Gasteiger partial charge in [0.15, 0.2) is 5.82 Å². The van der Waals surface area contributed by atoms with Gasteiger partial charge in [-0.05, 0) is 19.1 Å². The lowest BCUT2D eigenvalue weighted by Gasteiger charge is -2.30. The molecule has 1 aliphatic rings. The van der Waals surface area contributed by atoms with E-state index >= 15 is 0 Å². The Morgan fingerprint density at radius 2 is 2.00 bits per heavy atom. The summed E-state index contributed by atoms with van der Waals surface area (Å²) in [5.41, 5.74) is 17.9. The Bertz CT molecular complexity index is 976. The first-order chi connectivity index (χ1) is 13.2. The molecule has 1 saturated heterocycles. The van der Waals surface area contributed by atoms with Gasteiger partial charge in [0.1, 0.15) is 5.69 Å². The summed E-state index contributed by atoms with van der Waals surface area (Å²) in [7, 11) is 0. The van der Waals surface area contributed by atoms with Crippen LogP contribution in [0.5, 0.6) is 0 Å². The number of hydrogen-bond donors (Lipinski definition) is 2. The number of ether oxygens (including phenoxy) is 1. The quantitative estimate of drug-likeness (QED) is 0.692. The maximum atomic E-state index is 7.43. The van der Waals surface area contributed by atoms with Crippen LogP contribution in [0.1, 0.15) is 5.56 Å². The second-order valence-corrected chi connectivity index (χ2v) is 6.46. The third-order valence-corrected chi connectivity index (χ3v) is 4.60. The minimum absolute atomic E-state index is 0.196. The van der Waals surface area contributed by atoms with Crippen LogP contribution in [0.3, 0.4) is 0 Å². The number of benzene rings is 1. The fraction of sp³-hybridized carbons (Fsp3) is 0.263. The third kappa shape index (κ3) is 3.39. The van der Waals surface area contributed by atoms with E-state index in [9.17, 15) is 0 Å². The predicted octanol–water partition coefficient (Wildman–Crippen LogP) is 3.32. The molecule has 8 nitrogen and oxygen atoms in total. The molecule has 1 aromatic carbocycles. The number of nitrogens with zero attached hydrogens (tertiary/aromatic N) is 5. The van der Waals surface area contributed by atoms with E-state index in [2.05, 4.69) is 39.2 Å². The minimum Gasteiger partial charge on any atom is -0.394 e. The van der Waals surface area contributed by atoms with Crippen LogP contribution < -0.4 is 10.6 Å². The molecule has 0 amide bonds. The lowest BCUT2D eigenvalue weighted by molar-refractivity contribution is 0.123. The Labute approximate surface area is 157 Å². The van der Waals surface area contributed by atoms with Crippen molar-refractivity contribution in [3.63, 3.8) is 0 Å². The highest BCUT2D eigenvalue weighted by molar-refractivity contribution is 5.78. The molecule has 138 valence electrons. The Morgan fingerprint density at radius 1 is 1.19 bits per heavy atom. The number of rotatable bonds is 4. The molecule has 0 bridgehead atoms. The first-order valence-corrected chi connectivity index (χ1v) is 8.79. The molecule has 2 aromatic heterocycles. The Morgan fingerprint density at radius 3 is 2.74 bits per heavy atom. The molecule has 3 aromatic rings. The van der Waals surface area contributed by atoms with Crippen LogP contribution in [-0.4, -0.2) is 41.1 Å². The minimum atomic E-state index is 0.196. The van der Waals surface area contributed by atoms with Crippen molar-refractivity contribution in [3.8, 4) is 17.1 Å². The topological polar surface area (TPSA) is 105 Å². The van der Waals surface area contributed by atoms with Crippen molar-refractivity contribution in [2.45, 2.75) is 6.92 Å². The van der Waals surface area contributed by atoms with Crippen LogP contribution in [0.4, 0.5) is 17.2 Å². The molecule has 8 heteroatoms. The monoisotopic (exact) mass is 363 g/mol. The van der Waals surface area contributed by atoms with E-state index in [1.807, 2.05) is 30.5 Å². The van der Waals surface area contributed by atoms with E-state index in [0.717, 1.165) is 30.0 Å². The maximum absolute atomic E-state index is 7.43. The number of nitrogens with one attached hydrogen (secondary N) is 1. The van der Waals surface area contributed by atoms with Gasteiger partial charge in [0, 0.05) is 30.9 Å². The van der Waals surface area contributed by atoms with Crippen molar-refractivity contribution in [1.29, 1.82) is 5.53 Å². The summed E-state index contributed by atoms with van der Waals surface area (Å²) < 4.78 is 7.11. The number of morpholine rings is 1. The van der Waals surface area contributed by atoms with Crippen LogP contribution >= 0.6 is 0 Å². The molecule has 1 fully saturated rings. The summed E-state index contributed by atoms with van der Waals surface area (Å²) in [6.07, 6.45) is 1.85. The van der Waals surface area contributed by atoms with E-state index in [-0.39, 0.29) is 5.82 Å². The zero-order valence-electron chi connectivity index (χ0n) is 15.1. The summed E-state index contributed by atoms with van der Waals surface area (Å²) in [5.74, 6) is 0.775. The molecule has 0 atom stereocenters. The molecule has 3 heterocycles. The average molecular weight is 363 g/mol. The van der Waals surface area contributed by atoms with Gasteiger partial charge in [0.2, 0.25) is 5.82 Å². The molecule has 3 N–H and O–H groups in total. The molecule has 1 aliphatic heterocycles. The largest absolute Gasteiger partial charge is 0.394 e. The highest BCUT2D eigenvalue weighted by Gasteiger charge is 2.19. The number of nitrogen functional groups attached to an aromatic ring is 1. The molecule has 0 spiro atoms. The molecule has 0 aliphatic carbocycles. The molecule has 27 heavy (non-hydrogen) atoms. The lowest BCUT2D eigenvalue weighted by atomic mass is 10.1. The van der Waals surface area contributed by atoms with E-state index in [4.69, 9.17) is 16.0 Å². The van der Waals surface area contributed by atoms with E-state index in [1.54, 1.807) is 4.68 Å². The smallest absolute Gasteiger partial charge is 0.201 e. The summed E-state index contributed by atoms with van der Waals surface area (Å²) in [6.45, 7) is 4.81. The van der Waals surface area contributed by atoms with Crippen molar-refractivity contribution in [2.24, 2.45) is 5.11 Å². The second kappa shape index (κ2) is 7.16. The molecule has 4 rings (SSSR count). The van der Waals surface area contributed by atoms with Gasteiger partial charge in [-0.15, -0.1) is 5.11 Å². The zero-order chi connectivity index (χ0) is 18.8. The Kier molecular flexibility index (Phi) is 4.55. The number of aryl methyl sites for hydroxylation is 1. The number of anilines is 2. The van der Waals surface area contributed by atoms with Gasteiger partial charge in [-0.3, -0.25) is 0 Å². The van der Waals surface area contributed by atoms with E-state index in [0.29, 0.717) is 24.7 Å². The molecule has 0 unspecified atom stereocenters. The summed E-state index contributed by atoms with van der Waals surface area (Å²) in [5, 5.41) is 8.15. The average Bonchev–Trinajstić information content (AvgIpc) is 3.19. The van der Waals surface area contributed by atoms with Gasteiger partial charge in [-0.1, -0.05) is 23.8 Å². The van der Waals surface area contributed by atoms with Gasteiger partial charge >= 0.3 is 0 Å². The van der Waals surface area contributed by atoms with Crippen LogP contribution in [0.2, 0.25) is 0 Å². The molecular formula is C19H21N7O. The van der Waals surface area contributed by atoms with Crippen molar-refractivity contribution >= 4 is 17.2 Å². The summed E-state index contributed by atoms with van der Waals surface area (Å²) in [4.78, 5) is 6.53. The zero-order valence-corrected chi connectivity index (χ0v) is 15.1. The summed E-state index contributed by atoms with van der Waals surface area (Å²) >= 11 is 0. The third-order valence-electron chi connectivity index (χ3n) is 4.60. The van der Waals surface area contributed by atoms with Crippen molar-refractivity contribution in [1.82, 2.24) is 14.8 Å². The molecule has 0 radical (unpaired) electrons. The highest BCUT2D eigenvalue weighted by atomic mass is 16.5. The maximum Gasteiger partial charge on any atom is 0.201 e. The lowest BCUT2D eigenvalue weighted by Crippen LogP contribution is -2.36. The van der Waals surface area contributed by atoms with E-state index in [1.165, 1.54) is 5.56 Å². The first-order valence-electron chi connectivity index (χ1n) is 8.79. The van der Waals surface area contributed by atoms with Gasteiger partial charge in [-0.25, -0.2) is 15.2 Å². The number of nitrogens with two attached hydrogens (primary N) is 1. The van der Waals surface area contributed by atoms with Gasteiger partial charge < -0.3 is 15.4 Å². The van der Waals surface area contributed by atoms with Gasteiger partial charge in [-0.2, -0.15) is 5.10 Å². The number of hydrogen-bond acceptors (Lipinski definition) is 7. The number of aromatic nitrogens is 3. The van der Waals surface area contributed by atoms with E-state index < -0.39 is 0 Å². The summed E-state index contributed by atoms with van der Waals surface area (Å²) in [6, 6.07) is 12.0. The van der Waals surface area contributed by atoms with Gasteiger partial charge in [0.25, 0.3) is 0 Å². The highest BCUT2D eigenvalue weighted by Crippen LogP contribution is 2.33. The second-order valence-electron chi connectivity index (χ2n) is 6.46. The van der Waals surface area contributed by atoms with Crippen LogP contribution in [0, 0.1) is 12.5 Å². The van der Waals surface area contributed by atoms with Crippen LogP contribution in [-0.2, 0) is 4.74 Å². The predicted molar refractivity (Wildman–Crippen MR) is 104 cm³/mol. The van der Waals surface area contributed by atoms with Crippen LogP contribution in [0.15, 0.2) is 47.7 Å². The van der Waals surface area contributed by atoms with Crippen molar-refractivity contribution < 1.29 is 4.74 Å². The van der Waals surface area contributed by atoms with Gasteiger partial charge in [0.05, 0.1) is 24.6 Å².